The number of amides is 1. The molecule has 0 saturated heterocycles. The lowest BCUT2D eigenvalue weighted by molar-refractivity contribution is 0.102. The molecule has 1 heterocycles. The van der Waals surface area contributed by atoms with Crippen molar-refractivity contribution in [2.45, 2.75) is 13.8 Å². The fourth-order valence-electron chi connectivity index (χ4n) is 1.54. The summed E-state index contributed by atoms with van der Waals surface area (Å²) in [5, 5.41) is 6.42. The van der Waals surface area contributed by atoms with Crippen LogP contribution in [0.2, 0.25) is 0 Å². The average molecular weight is 262 g/mol. The van der Waals surface area contributed by atoms with E-state index in [1.807, 2.05) is 25.1 Å². The molecule has 94 valence electrons. The Hall–Kier alpha value is -1.95. The van der Waals surface area contributed by atoms with Crippen LogP contribution < -0.4 is 10.6 Å². The van der Waals surface area contributed by atoms with Gasteiger partial charge in [-0.1, -0.05) is 12.1 Å². The number of nitrogens with one attached hydrogen (secondary N) is 2. The fraction of sp³-hybridized carbons (Fsp3) is 0.250. The SMILES string of the molecule is CCNc1ccccc1C(=O)Nc1nc(C)ns1. The molecule has 0 aliphatic heterocycles. The van der Waals surface area contributed by atoms with Crippen LogP contribution in [0.15, 0.2) is 24.3 Å². The van der Waals surface area contributed by atoms with Crippen LogP contribution in [-0.2, 0) is 0 Å². The number of benzene rings is 1. The molecule has 18 heavy (non-hydrogen) atoms. The summed E-state index contributed by atoms with van der Waals surface area (Å²) in [7, 11) is 0. The maximum absolute atomic E-state index is 12.1. The van der Waals surface area contributed by atoms with Crippen LogP contribution in [0.1, 0.15) is 23.1 Å². The second-order valence-electron chi connectivity index (χ2n) is 3.68. The minimum absolute atomic E-state index is 0.178. The van der Waals surface area contributed by atoms with E-state index >= 15 is 0 Å². The van der Waals surface area contributed by atoms with Gasteiger partial charge in [-0.15, -0.1) is 0 Å². The van der Waals surface area contributed by atoms with Crippen molar-refractivity contribution in [1.82, 2.24) is 9.36 Å². The predicted octanol–water partition coefficient (Wildman–Crippen LogP) is 2.53. The largest absolute Gasteiger partial charge is 0.385 e. The van der Waals surface area contributed by atoms with Gasteiger partial charge in [0.25, 0.3) is 5.91 Å². The maximum atomic E-state index is 12.1. The van der Waals surface area contributed by atoms with Gasteiger partial charge in [0.15, 0.2) is 0 Å². The Labute approximate surface area is 109 Å². The molecule has 2 N–H and O–H groups in total. The molecule has 0 atom stereocenters. The molecule has 0 aliphatic rings. The molecular weight excluding hydrogens is 248 g/mol. The molecule has 1 amide bonds. The number of aromatic nitrogens is 2. The first kappa shape index (κ1) is 12.5. The van der Waals surface area contributed by atoms with E-state index in [0.29, 0.717) is 16.5 Å². The van der Waals surface area contributed by atoms with Gasteiger partial charge < -0.3 is 5.32 Å². The Kier molecular flexibility index (Phi) is 3.88. The van der Waals surface area contributed by atoms with Gasteiger partial charge in [-0.25, -0.2) is 4.98 Å². The third-order valence-corrected chi connectivity index (χ3v) is 3.01. The Morgan fingerprint density at radius 3 is 2.83 bits per heavy atom. The van der Waals surface area contributed by atoms with Crippen molar-refractivity contribution < 1.29 is 4.79 Å². The van der Waals surface area contributed by atoms with Crippen LogP contribution in [0, 0.1) is 6.92 Å². The third-order valence-electron chi connectivity index (χ3n) is 2.29. The van der Waals surface area contributed by atoms with Crippen molar-refractivity contribution in [1.29, 1.82) is 0 Å². The zero-order valence-electron chi connectivity index (χ0n) is 10.2. The molecular formula is C12H14N4OS. The monoisotopic (exact) mass is 262 g/mol. The molecule has 0 radical (unpaired) electrons. The summed E-state index contributed by atoms with van der Waals surface area (Å²) in [6, 6.07) is 7.38. The summed E-state index contributed by atoms with van der Waals surface area (Å²) in [6.07, 6.45) is 0. The van der Waals surface area contributed by atoms with E-state index in [4.69, 9.17) is 0 Å². The topological polar surface area (TPSA) is 66.9 Å². The van der Waals surface area contributed by atoms with E-state index in [0.717, 1.165) is 12.2 Å². The fourth-order valence-corrected chi connectivity index (χ4v) is 2.11. The lowest BCUT2D eigenvalue weighted by Crippen LogP contribution is -2.14. The number of aryl methyl sites for hydroxylation is 1. The van der Waals surface area contributed by atoms with Gasteiger partial charge in [-0.2, -0.15) is 4.37 Å². The molecule has 0 unspecified atom stereocenters. The Morgan fingerprint density at radius 1 is 1.39 bits per heavy atom. The van der Waals surface area contributed by atoms with Gasteiger partial charge in [0.1, 0.15) is 5.82 Å². The second kappa shape index (κ2) is 5.59. The summed E-state index contributed by atoms with van der Waals surface area (Å²) in [5.41, 5.74) is 1.42. The standard InChI is InChI=1S/C12H14N4OS/c1-3-13-10-7-5-4-6-9(10)11(17)15-12-14-8(2)16-18-12/h4-7,13H,3H2,1-2H3,(H,14,15,16,17). The van der Waals surface area contributed by atoms with Crippen molar-refractivity contribution in [2.24, 2.45) is 0 Å². The summed E-state index contributed by atoms with van der Waals surface area (Å²) < 4.78 is 4.02. The zero-order valence-corrected chi connectivity index (χ0v) is 11.0. The molecule has 5 nitrogen and oxygen atoms in total. The van der Waals surface area contributed by atoms with Crippen molar-refractivity contribution in [3.8, 4) is 0 Å². The van der Waals surface area contributed by atoms with Crippen molar-refractivity contribution in [2.75, 3.05) is 17.2 Å². The van der Waals surface area contributed by atoms with Gasteiger partial charge in [-0.3, -0.25) is 10.1 Å². The van der Waals surface area contributed by atoms with E-state index < -0.39 is 0 Å². The summed E-state index contributed by atoms with van der Waals surface area (Å²) in [6.45, 7) is 4.55. The molecule has 0 saturated carbocycles. The minimum Gasteiger partial charge on any atom is -0.385 e. The van der Waals surface area contributed by atoms with Gasteiger partial charge in [0, 0.05) is 23.8 Å². The molecule has 2 aromatic rings. The summed E-state index contributed by atoms with van der Waals surface area (Å²) in [5.74, 6) is 0.484. The highest BCUT2D eigenvalue weighted by Crippen LogP contribution is 2.18. The van der Waals surface area contributed by atoms with Crippen molar-refractivity contribution in [3.05, 3.63) is 35.7 Å². The smallest absolute Gasteiger partial charge is 0.259 e. The lowest BCUT2D eigenvalue weighted by Gasteiger charge is -2.09. The summed E-state index contributed by atoms with van der Waals surface area (Å²) in [4.78, 5) is 16.2. The number of anilines is 2. The molecule has 0 spiro atoms. The molecule has 1 aromatic heterocycles. The normalized spacial score (nSPS) is 10.1. The highest BCUT2D eigenvalue weighted by molar-refractivity contribution is 7.09. The molecule has 6 heteroatoms. The quantitative estimate of drug-likeness (QED) is 0.888. The number of rotatable bonds is 4. The van der Waals surface area contributed by atoms with Crippen molar-refractivity contribution >= 4 is 28.3 Å². The molecule has 2 rings (SSSR count). The Bertz CT molecular complexity index is 553. The van der Waals surface area contributed by atoms with E-state index in [-0.39, 0.29) is 5.91 Å². The number of nitrogens with zero attached hydrogens (tertiary/aromatic N) is 2. The Morgan fingerprint density at radius 2 is 2.17 bits per heavy atom. The highest BCUT2D eigenvalue weighted by Gasteiger charge is 2.12. The average Bonchev–Trinajstić information content (AvgIpc) is 2.76. The lowest BCUT2D eigenvalue weighted by atomic mass is 10.1. The first-order valence-electron chi connectivity index (χ1n) is 5.65. The number of hydrogen-bond acceptors (Lipinski definition) is 5. The Balaban J connectivity index is 2.18. The number of para-hydroxylation sites is 1. The first-order chi connectivity index (χ1) is 8.70. The molecule has 1 aromatic carbocycles. The second-order valence-corrected chi connectivity index (χ2v) is 4.43. The van der Waals surface area contributed by atoms with Crippen LogP contribution in [-0.4, -0.2) is 21.8 Å². The number of hydrogen-bond donors (Lipinski definition) is 2. The van der Waals surface area contributed by atoms with E-state index in [9.17, 15) is 4.79 Å². The van der Waals surface area contributed by atoms with Crippen LogP contribution in [0.3, 0.4) is 0 Å². The number of carbonyl (C=O) groups excluding carboxylic acids is 1. The van der Waals surface area contributed by atoms with Crippen LogP contribution in [0.4, 0.5) is 10.8 Å². The zero-order chi connectivity index (χ0) is 13.0. The maximum Gasteiger partial charge on any atom is 0.259 e. The van der Waals surface area contributed by atoms with Gasteiger partial charge in [-0.05, 0) is 26.0 Å². The molecule has 0 bridgehead atoms. The summed E-state index contributed by atoms with van der Waals surface area (Å²) >= 11 is 1.18. The van der Waals surface area contributed by atoms with E-state index in [2.05, 4.69) is 20.0 Å². The van der Waals surface area contributed by atoms with E-state index in [1.165, 1.54) is 11.5 Å². The molecule has 0 fully saturated rings. The van der Waals surface area contributed by atoms with Gasteiger partial charge in [0.2, 0.25) is 5.13 Å². The minimum atomic E-state index is -0.178. The number of carbonyl (C=O) groups is 1. The van der Waals surface area contributed by atoms with Gasteiger partial charge >= 0.3 is 0 Å². The third kappa shape index (κ3) is 2.84. The highest BCUT2D eigenvalue weighted by atomic mass is 32.1. The van der Waals surface area contributed by atoms with Crippen LogP contribution in [0.5, 0.6) is 0 Å². The van der Waals surface area contributed by atoms with Crippen LogP contribution >= 0.6 is 11.5 Å². The predicted molar refractivity (Wildman–Crippen MR) is 73.2 cm³/mol. The van der Waals surface area contributed by atoms with Gasteiger partial charge in [0.05, 0.1) is 5.56 Å². The van der Waals surface area contributed by atoms with Crippen LogP contribution in [0.25, 0.3) is 0 Å². The first-order valence-corrected chi connectivity index (χ1v) is 6.42. The van der Waals surface area contributed by atoms with Crippen molar-refractivity contribution in [3.63, 3.8) is 0 Å². The molecule has 0 aliphatic carbocycles. The van der Waals surface area contributed by atoms with E-state index in [1.54, 1.807) is 13.0 Å².